The van der Waals surface area contributed by atoms with E-state index in [-0.39, 0.29) is 17.1 Å². The standard InChI is InChI=1S/C13H16O4/c1-2-3-4-5-6-8-9(7-14)11(16)13-12(17-13)10(8)15/h5-6,12-14H,2-4,7H2,1H3/b6-5+. The van der Waals surface area contributed by atoms with Crippen LogP contribution in [-0.2, 0) is 14.3 Å². The van der Waals surface area contributed by atoms with Gasteiger partial charge in [-0.15, -0.1) is 0 Å². The van der Waals surface area contributed by atoms with Crippen molar-refractivity contribution in [3.63, 3.8) is 0 Å². The minimum atomic E-state index is -0.627. The Morgan fingerprint density at radius 2 is 2.00 bits per heavy atom. The average Bonchev–Trinajstić information content (AvgIpc) is 3.11. The highest BCUT2D eigenvalue weighted by Gasteiger charge is 2.55. The molecule has 2 aliphatic rings. The smallest absolute Gasteiger partial charge is 0.195 e. The number of epoxide rings is 1. The van der Waals surface area contributed by atoms with Gasteiger partial charge in [-0.3, -0.25) is 9.59 Å². The third-order valence-electron chi connectivity index (χ3n) is 3.06. The summed E-state index contributed by atoms with van der Waals surface area (Å²) in [5.41, 5.74) is 0.522. The Morgan fingerprint density at radius 3 is 2.65 bits per heavy atom. The molecule has 0 amide bonds. The van der Waals surface area contributed by atoms with Gasteiger partial charge < -0.3 is 9.84 Å². The van der Waals surface area contributed by atoms with Crippen molar-refractivity contribution >= 4 is 11.6 Å². The molecule has 0 aromatic rings. The molecule has 0 aromatic carbocycles. The number of aliphatic hydroxyl groups excluding tert-OH is 1. The number of carbonyl (C=O) groups is 2. The van der Waals surface area contributed by atoms with E-state index in [0.29, 0.717) is 5.57 Å². The molecule has 1 fully saturated rings. The Labute approximate surface area is 100.0 Å². The molecule has 1 saturated heterocycles. The first-order valence-corrected chi connectivity index (χ1v) is 5.95. The normalized spacial score (nSPS) is 27.9. The van der Waals surface area contributed by atoms with Crippen molar-refractivity contribution in [2.45, 2.75) is 38.4 Å². The van der Waals surface area contributed by atoms with Crippen LogP contribution in [0.1, 0.15) is 26.2 Å². The summed E-state index contributed by atoms with van der Waals surface area (Å²) in [5.74, 6) is -0.418. The zero-order valence-electron chi connectivity index (χ0n) is 9.81. The summed E-state index contributed by atoms with van der Waals surface area (Å²) in [6.07, 6.45) is 5.30. The van der Waals surface area contributed by atoms with E-state index in [2.05, 4.69) is 6.92 Å². The van der Waals surface area contributed by atoms with Crippen LogP contribution < -0.4 is 0 Å². The molecule has 4 heteroatoms. The summed E-state index contributed by atoms with van der Waals surface area (Å²) in [4.78, 5) is 23.6. The molecule has 4 nitrogen and oxygen atoms in total. The maximum atomic E-state index is 11.8. The first-order valence-electron chi connectivity index (χ1n) is 5.95. The minimum Gasteiger partial charge on any atom is -0.392 e. The molecule has 1 heterocycles. The molecule has 92 valence electrons. The molecule has 2 unspecified atom stereocenters. The second-order valence-corrected chi connectivity index (χ2v) is 4.30. The van der Waals surface area contributed by atoms with E-state index in [1.165, 1.54) is 0 Å². The van der Waals surface area contributed by atoms with Crippen LogP contribution in [0.15, 0.2) is 23.3 Å². The zero-order valence-corrected chi connectivity index (χ0v) is 9.81. The van der Waals surface area contributed by atoms with E-state index in [0.717, 1.165) is 19.3 Å². The van der Waals surface area contributed by atoms with Gasteiger partial charge in [-0.2, -0.15) is 0 Å². The minimum absolute atomic E-state index is 0.175. The molecule has 1 aliphatic heterocycles. The van der Waals surface area contributed by atoms with E-state index in [1.54, 1.807) is 6.08 Å². The Kier molecular flexibility index (Phi) is 3.54. The van der Waals surface area contributed by atoms with Crippen molar-refractivity contribution < 1.29 is 19.4 Å². The molecule has 2 rings (SSSR count). The van der Waals surface area contributed by atoms with E-state index in [1.807, 2.05) is 6.08 Å². The van der Waals surface area contributed by atoms with E-state index < -0.39 is 18.8 Å². The molecular formula is C13H16O4. The number of carbonyl (C=O) groups excluding carboxylic acids is 2. The Bertz CT molecular complexity index is 406. The van der Waals surface area contributed by atoms with E-state index >= 15 is 0 Å². The van der Waals surface area contributed by atoms with Gasteiger partial charge in [-0.05, 0) is 6.42 Å². The highest BCUT2D eigenvalue weighted by atomic mass is 16.6. The number of Topliss-reactive ketones (excluding diaryl/α,β-unsaturated/α-hetero) is 2. The summed E-state index contributed by atoms with van der Waals surface area (Å²) in [7, 11) is 0. The fourth-order valence-corrected chi connectivity index (χ4v) is 1.99. The fraction of sp³-hybridized carbons (Fsp3) is 0.538. The van der Waals surface area contributed by atoms with Gasteiger partial charge in [0.2, 0.25) is 0 Å². The number of hydrogen-bond acceptors (Lipinski definition) is 4. The predicted molar refractivity (Wildman–Crippen MR) is 61.5 cm³/mol. The van der Waals surface area contributed by atoms with Crippen molar-refractivity contribution in [3.05, 3.63) is 23.3 Å². The van der Waals surface area contributed by atoms with Crippen LogP contribution in [0.5, 0.6) is 0 Å². The van der Waals surface area contributed by atoms with Crippen LogP contribution in [0.25, 0.3) is 0 Å². The van der Waals surface area contributed by atoms with Crippen LogP contribution in [-0.4, -0.2) is 35.5 Å². The Balaban J connectivity index is 2.17. The summed E-state index contributed by atoms with van der Waals surface area (Å²) >= 11 is 0. The van der Waals surface area contributed by atoms with Crippen LogP contribution in [0, 0.1) is 0 Å². The summed E-state index contributed by atoms with van der Waals surface area (Å²) < 4.78 is 5.01. The van der Waals surface area contributed by atoms with Crippen LogP contribution >= 0.6 is 0 Å². The predicted octanol–water partition coefficient (Wildman–Crippen LogP) is 0.941. The highest BCUT2D eigenvalue weighted by molar-refractivity contribution is 6.20. The Hall–Kier alpha value is -1.26. The molecule has 0 radical (unpaired) electrons. The second-order valence-electron chi connectivity index (χ2n) is 4.30. The van der Waals surface area contributed by atoms with Gasteiger partial charge in [0, 0.05) is 11.1 Å². The maximum Gasteiger partial charge on any atom is 0.195 e. The van der Waals surface area contributed by atoms with E-state index in [4.69, 9.17) is 9.84 Å². The lowest BCUT2D eigenvalue weighted by Gasteiger charge is -2.10. The highest BCUT2D eigenvalue weighted by Crippen LogP contribution is 2.35. The first-order chi connectivity index (χ1) is 8.20. The van der Waals surface area contributed by atoms with Gasteiger partial charge in [-0.25, -0.2) is 0 Å². The quantitative estimate of drug-likeness (QED) is 0.570. The van der Waals surface area contributed by atoms with Gasteiger partial charge in [0.05, 0.1) is 6.61 Å². The Morgan fingerprint density at radius 1 is 1.29 bits per heavy atom. The molecular weight excluding hydrogens is 220 g/mol. The number of allylic oxidation sites excluding steroid dienone is 2. The number of fused-ring (bicyclic) bond motifs is 1. The third kappa shape index (κ3) is 2.23. The maximum absolute atomic E-state index is 11.8. The SMILES string of the molecule is CCCC/C=C/C1=C(CO)C(=O)C2OC2C1=O. The molecule has 17 heavy (non-hydrogen) atoms. The van der Waals surface area contributed by atoms with Crippen molar-refractivity contribution in [1.82, 2.24) is 0 Å². The van der Waals surface area contributed by atoms with Crippen molar-refractivity contribution in [2.75, 3.05) is 6.61 Å². The van der Waals surface area contributed by atoms with Gasteiger partial charge in [0.1, 0.15) is 0 Å². The lowest BCUT2D eigenvalue weighted by atomic mass is 9.89. The summed E-state index contributed by atoms with van der Waals surface area (Å²) in [6.45, 7) is 1.69. The number of hydrogen-bond donors (Lipinski definition) is 1. The van der Waals surface area contributed by atoms with Crippen LogP contribution in [0.3, 0.4) is 0 Å². The number of unbranched alkanes of at least 4 members (excludes halogenated alkanes) is 2. The zero-order chi connectivity index (χ0) is 12.4. The van der Waals surface area contributed by atoms with Crippen LogP contribution in [0.2, 0.25) is 0 Å². The van der Waals surface area contributed by atoms with Gasteiger partial charge in [0.25, 0.3) is 0 Å². The topological polar surface area (TPSA) is 66.9 Å². The van der Waals surface area contributed by atoms with Crippen molar-refractivity contribution in [1.29, 1.82) is 0 Å². The summed E-state index contributed by atoms with van der Waals surface area (Å²) in [5, 5.41) is 9.17. The first kappa shape index (κ1) is 12.2. The van der Waals surface area contributed by atoms with Gasteiger partial charge in [-0.1, -0.05) is 31.9 Å². The summed E-state index contributed by atoms with van der Waals surface area (Å²) in [6, 6.07) is 0. The molecule has 2 atom stereocenters. The number of ether oxygens (including phenoxy) is 1. The monoisotopic (exact) mass is 236 g/mol. The largest absolute Gasteiger partial charge is 0.392 e. The second kappa shape index (κ2) is 4.94. The lowest BCUT2D eigenvalue weighted by Crippen LogP contribution is -2.28. The number of aliphatic hydroxyl groups is 1. The van der Waals surface area contributed by atoms with Crippen molar-refractivity contribution in [3.8, 4) is 0 Å². The third-order valence-corrected chi connectivity index (χ3v) is 3.06. The average molecular weight is 236 g/mol. The lowest BCUT2D eigenvalue weighted by molar-refractivity contribution is -0.120. The number of rotatable bonds is 5. The van der Waals surface area contributed by atoms with E-state index in [9.17, 15) is 9.59 Å². The molecule has 0 aromatic heterocycles. The number of ketones is 2. The molecule has 0 spiro atoms. The van der Waals surface area contributed by atoms with Gasteiger partial charge >= 0.3 is 0 Å². The van der Waals surface area contributed by atoms with Crippen LogP contribution in [0.4, 0.5) is 0 Å². The molecule has 1 aliphatic carbocycles. The molecule has 1 N–H and O–H groups in total. The van der Waals surface area contributed by atoms with Crippen molar-refractivity contribution in [2.24, 2.45) is 0 Å². The molecule has 0 bridgehead atoms. The fourth-order valence-electron chi connectivity index (χ4n) is 1.99. The van der Waals surface area contributed by atoms with Gasteiger partial charge in [0.15, 0.2) is 23.8 Å². The molecule has 0 saturated carbocycles.